The molecule has 0 aliphatic carbocycles. The molecule has 0 unspecified atom stereocenters. The predicted molar refractivity (Wildman–Crippen MR) is 43.5 cm³/mol. The first-order valence-electron chi connectivity index (χ1n) is 3.27. The van der Waals surface area contributed by atoms with Crippen LogP contribution in [0.2, 0.25) is 0 Å². The average Bonchev–Trinajstić information content (AvgIpc) is 2.11. The highest BCUT2D eigenvalue weighted by atomic mass is 16.2. The zero-order chi connectivity index (χ0) is 10.0. The van der Waals surface area contributed by atoms with Gasteiger partial charge in [-0.3, -0.25) is 9.36 Å². The van der Waals surface area contributed by atoms with Crippen LogP contribution in [0, 0.1) is 0 Å². The molecule has 0 fully saturated rings. The van der Waals surface area contributed by atoms with Crippen molar-refractivity contribution in [3.63, 3.8) is 0 Å². The first-order valence-corrected chi connectivity index (χ1v) is 3.27. The van der Waals surface area contributed by atoms with E-state index in [1.165, 1.54) is 14.1 Å². The van der Waals surface area contributed by atoms with E-state index < -0.39 is 11.2 Å². The lowest BCUT2D eigenvalue weighted by molar-refractivity contribution is 0.603. The molecule has 1 rings (SSSR count). The van der Waals surface area contributed by atoms with Gasteiger partial charge in [0.2, 0.25) is 5.82 Å². The Morgan fingerprint density at radius 3 is 2.62 bits per heavy atom. The van der Waals surface area contributed by atoms with Gasteiger partial charge in [0.15, 0.2) is 0 Å². The summed E-state index contributed by atoms with van der Waals surface area (Å²) in [7, 11) is 2.64. The van der Waals surface area contributed by atoms with Crippen LogP contribution in [0.3, 0.4) is 0 Å². The molecule has 0 bridgehead atoms. The van der Waals surface area contributed by atoms with Crippen LogP contribution < -0.4 is 11.2 Å². The number of nitrogens with zero attached hydrogens (tertiary/aromatic N) is 6. The van der Waals surface area contributed by atoms with Crippen LogP contribution in [-0.2, 0) is 14.1 Å². The highest BCUT2D eigenvalue weighted by Crippen LogP contribution is 1.93. The Morgan fingerprint density at radius 2 is 2.08 bits per heavy atom. The maximum Gasteiger partial charge on any atom is 0.346 e. The molecule has 68 valence electrons. The van der Waals surface area contributed by atoms with Gasteiger partial charge in [-0.25, -0.2) is 9.48 Å². The summed E-state index contributed by atoms with van der Waals surface area (Å²) in [5, 5.41) is 6.52. The van der Waals surface area contributed by atoms with Gasteiger partial charge < -0.3 is 0 Å². The van der Waals surface area contributed by atoms with Crippen molar-refractivity contribution in [3.05, 3.63) is 31.3 Å². The summed E-state index contributed by atoms with van der Waals surface area (Å²) in [5.74, 6) is -0.341. The molecule has 0 aliphatic rings. The summed E-state index contributed by atoms with van der Waals surface area (Å²) in [4.78, 5) is 24.6. The van der Waals surface area contributed by atoms with Crippen LogP contribution in [0.5, 0.6) is 0 Å². The summed E-state index contributed by atoms with van der Waals surface area (Å²) in [5.41, 5.74) is 6.80. The molecule has 0 aliphatic heterocycles. The summed E-state index contributed by atoms with van der Waals surface area (Å²) in [6.07, 6.45) is 0. The summed E-state index contributed by atoms with van der Waals surface area (Å²) in [6, 6.07) is 0. The summed E-state index contributed by atoms with van der Waals surface area (Å²) < 4.78 is 1.74. The normalized spacial score (nSPS) is 9.38. The fourth-order valence-corrected chi connectivity index (χ4v) is 0.787. The number of hydrogen-bond donors (Lipinski definition) is 0. The van der Waals surface area contributed by atoms with Gasteiger partial charge in [-0.05, 0) is 10.6 Å². The minimum Gasteiger partial charge on any atom is -0.267 e. The van der Waals surface area contributed by atoms with Gasteiger partial charge in [0.1, 0.15) is 0 Å². The molecule has 0 saturated carbocycles. The highest BCUT2D eigenvalue weighted by Gasteiger charge is 2.05. The minimum atomic E-state index is -0.708. The van der Waals surface area contributed by atoms with E-state index in [2.05, 4.69) is 15.1 Å². The first-order chi connectivity index (χ1) is 6.07. The maximum atomic E-state index is 11.2. The second kappa shape index (κ2) is 3.11. The Kier molecular flexibility index (Phi) is 2.16. The van der Waals surface area contributed by atoms with Crippen LogP contribution in [0.4, 0.5) is 5.82 Å². The molecule has 8 heteroatoms. The number of azide groups is 1. The molecular formula is C5H6N6O2. The molecular weight excluding hydrogens is 176 g/mol. The van der Waals surface area contributed by atoms with Crippen molar-refractivity contribution < 1.29 is 0 Å². The lowest BCUT2D eigenvalue weighted by atomic mass is 10.7. The molecule has 8 nitrogen and oxygen atoms in total. The third-order valence-corrected chi connectivity index (χ3v) is 1.44. The van der Waals surface area contributed by atoms with E-state index in [0.717, 1.165) is 9.25 Å². The van der Waals surface area contributed by atoms with Gasteiger partial charge >= 0.3 is 5.69 Å². The second-order valence-electron chi connectivity index (χ2n) is 2.28. The Morgan fingerprint density at radius 1 is 1.46 bits per heavy atom. The van der Waals surface area contributed by atoms with Gasteiger partial charge in [0.05, 0.1) is 0 Å². The van der Waals surface area contributed by atoms with Crippen molar-refractivity contribution in [3.8, 4) is 0 Å². The zero-order valence-electron chi connectivity index (χ0n) is 7.00. The molecule has 13 heavy (non-hydrogen) atoms. The molecule has 0 spiro atoms. The summed E-state index contributed by atoms with van der Waals surface area (Å²) >= 11 is 0. The number of rotatable bonds is 1. The first kappa shape index (κ1) is 9.01. The van der Waals surface area contributed by atoms with Gasteiger partial charge in [-0.2, -0.15) is 5.10 Å². The van der Waals surface area contributed by atoms with Crippen LogP contribution >= 0.6 is 0 Å². The van der Waals surface area contributed by atoms with E-state index in [0.29, 0.717) is 0 Å². The third kappa shape index (κ3) is 1.42. The van der Waals surface area contributed by atoms with E-state index in [9.17, 15) is 9.59 Å². The molecule has 1 aromatic rings. The Labute approximate surface area is 71.7 Å². The van der Waals surface area contributed by atoms with E-state index in [1.807, 2.05) is 0 Å². The Hall–Kier alpha value is -2.08. The van der Waals surface area contributed by atoms with Gasteiger partial charge in [0.25, 0.3) is 5.56 Å². The van der Waals surface area contributed by atoms with Crippen molar-refractivity contribution in [1.29, 1.82) is 0 Å². The molecule has 0 N–H and O–H groups in total. The fraction of sp³-hybridized carbons (Fsp3) is 0.400. The Balaban J connectivity index is 3.69. The summed E-state index contributed by atoms with van der Waals surface area (Å²) in [6.45, 7) is 0. The lowest BCUT2D eigenvalue weighted by Gasteiger charge is -2.00. The molecule has 0 atom stereocenters. The molecule has 0 amide bonds. The number of hydrogen-bond acceptors (Lipinski definition) is 4. The highest BCUT2D eigenvalue weighted by molar-refractivity contribution is 5.19. The molecule has 1 aromatic heterocycles. The van der Waals surface area contributed by atoms with Crippen LogP contribution in [0.25, 0.3) is 10.4 Å². The maximum absolute atomic E-state index is 11.2. The Bertz CT molecular complexity index is 491. The zero-order valence-corrected chi connectivity index (χ0v) is 7.00. The predicted octanol–water partition coefficient (Wildman–Crippen LogP) is -0.579. The van der Waals surface area contributed by atoms with Crippen molar-refractivity contribution >= 4 is 5.82 Å². The van der Waals surface area contributed by atoms with Gasteiger partial charge in [-0.15, -0.1) is 0 Å². The van der Waals surface area contributed by atoms with Crippen LogP contribution in [0.15, 0.2) is 14.7 Å². The molecule has 0 radical (unpaired) electrons. The van der Waals surface area contributed by atoms with Gasteiger partial charge in [-0.1, -0.05) is 0 Å². The number of aryl methyl sites for hydroxylation is 1. The second-order valence-corrected chi connectivity index (χ2v) is 2.28. The van der Waals surface area contributed by atoms with Crippen LogP contribution in [0.1, 0.15) is 0 Å². The molecule has 0 saturated heterocycles. The van der Waals surface area contributed by atoms with E-state index >= 15 is 0 Å². The van der Waals surface area contributed by atoms with Crippen LogP contribution in [-0.4, -0.2) is 14.3 Å². The van der Waals surface area contributed by atoms with Gasteiger partial charge in [0, 0.05) is 19.0 Å². The molecule has 0 aromatic carbocycles. The van der Waals surface area contributed by atoms with Crippen molar-refractivity contribution in [2.24, 2.45) is 19.2 Å². The van der Waals surface area contributed by atoms with E-state index in [4.69, 9.17) is 5.53 Å². The lowest BCUT2D eigenvalue weighted by Crippen LogP contribution is -2.38. The third-order valence-electron chi connectivity index (χ3n) is 1.44. The average molecular weight is 182 g/mol. The molecule has 1 heterocycles. The smallest absolute Gasteiger partial charge is 0.267 e. The fourth-order valence-electron chi connectivity index (χ4n) is 0.787. The van der Waals surface area contributed by atoms with Crippen molar-refractivity contribution in [1.82, 2.24) is 14.3 Å². The quantitative estimate of drug-likeness (QED) is 0.329. The number of aromatic nitrogens is 3. The monoisotopic (exact) mass is 182 g/mol. The van der Waals surface area contributed by atoms with Crippen molar-refractivity contribution in [2.75, 3.05) is 0 Å². The van der Waals surface area contributed by atoms with Crippen molar-refractivity contribution in [2.45, 2.75) is 0 Å². The largest absolute Gasteiger partial charge is 0.346 e. The SMILES string of the molecule is Cn1nc(N=[N+]=[N-])c(=O)n(C)c1=O. The topological polar surface area (TPSA) is 106 Å². The standard InChI is InChI=1S/C5H6N6O2/c1-10-4(12)3(7-9-6)8-11(2)5(10)13/h1-2H3. The van der Waals surface area contributed by atoms with E-state index in [-0.39, 0.29) is 5.82 Å². The van der Waals surface area contributed by atoms with E-state index in [1.54, 1.807) is 0 Å². The minimum absolute atomic E-state index is 0.341.